The zero-order valence-corrected chi connectivity index (χ0v) is 11.5. The molecule has 2 N–H and O–H groups in total. The molecule has 0 spiro atoms. The Morgan fingerprint density at radius 1 is 1.41 bits per heavy atom. The van der Waals surface area contributed by atoms with Crippen LogP contribution in [0.2, 0.25) is 0 Å². The number of methoxy groups -OCH3 is 1. The van der Waals surface area contributed by atoms with E-state index in [9.17, 15) is 18.3 Å². The predicted molar refractivity (Wildman–Crippen MR) is 63.9 cm³/mol. The lowest BCUT2D eigenvalue weighted by Crippen LogP contribution is -2.46. The molecule has 6 nitrogen and oxygen atoms in total. The van der Waals surface area contributed by atoms with E-state index in [-0.39, 0.29) is 6.54 Å². The summed E-state index contributed by atoms with van der Waals surface area (Å²) in [5.41, 5.74) is -1.08. The number of hydrogen-bond donors (Lipinski definition) is 2. The molecule has 102 valence electrons. The summed E-state index contributed by atoms with van der Waals surface area (Å²) in [7, 11) is -2.68. The normalized spacial score (nSPS) is 14.4. The van der Waals surface area contributed by atoms with Crippen LogP contribution < -0.4 is 4.72 Å². The van der Waals surface area contributed by atoms with Gasteiger partial charge < -0.3 is 9.84 Å². The van der Waals surface area contributed by atoms with Crippen molar-refractivity contribution >= 4 is 16.0 Å². The zero-order chi connectivity index (χ0) is 13.7. The largest absolute Gasteiger partial charge is 0.468 e. The van der Waals surface area contributed by atoms with E-state index in [2.05, 4.69) is 9.46 Å². The summed E-state index contributed by atoms with van der Waals surface area (Å²) in [5.74, 6) is -0.825. The van der Waals surface area contributed by atoms with Crippen molar-refractivity contribution in [3.05, 3.63) is 0 Å². The standard InChI is InChI=1S/C10H21NO5S/c1-5-10(13,6-2)7-11-17(14,15)8(3)9(12)16-4/h8,11,13H,5-7H2,1-4H3. The summed E-state index contributed by atoms with van der Waals surface area (Å²) in [6.07, 6.45) is 0.858. The molecule has 17 heavy (non-hydrogen) atoms. The number of carbonyl (C=O) groups excluding carboxylic acids is 1. The van der Waals surface area contributed by atoms with Crippen LogP contribution in [0.15, 0.2) is 0 Å². The van der Waals surface area contributed by atoms with Gasteiger partial charge in [0.05, 0.1) is 12.7 Å². The van der Waals surface area contributed by atoms with Crippen LogP contribution in [0.25, 0.3) is 0 Å². The average molecular weight is 267 g/mol. The van der Waals surface area contributed by atoms with Crippen molar-refractivity contribution in [1.29, 1.82) is 0 Å². The lowest BCUT2D eigenvalue weighted by Gasteiger charge is -2.25. The molecule has 0 heterocycles. The molecule has 0 aliphatic heterocycles. The molecule has 0 saturated carbocycles. The predicted octanol–water partition coefficient (Wildman–Crippen LogP) is 0.0184. The van der Waals surface area contributed by atoms with Crippen LogP contribution >= 0.6 is 0 Å². The minimum Gasteiger partial charge on any atom is -0.468 e. The van der Waals surface area contributed by atoms with Crippen molar-refractivity contribution in [3.8, 4) is 0 Å². The lowest BCUT2D eigenvalue weighted by molar-refractivity contribution is -0.139. The highest BCUT2D eigenvalue weighted by Gasteiger charge is 2.31. The minimum atomic E-state index is -3.81. The first-order chi connectivity index (χ1) is 7.72. The summed E-state index contributed by atoms with van der Waals surface area (Å²) in [6, 6.07) is 0. The molecule has 0 aliphatic carbocycles. The molecular weight excluding hydrogens is 246 g/mol. The quantitative estimate of drug-likeness (QED) is 0.634. The maximum atomic E-state index is 11.7. The molecule has 0 aromatic heterocycles. The van der Waals surface area contributed by atoms with Crippen LogP contribution in [-0.2, 0) is 19.6 Å². The third-order valence-electron chi connectivity index (χ3n) is 2.92. The molecule has 0 rings (SSSR count). The zero-order valence-electron chi connectivity index (χ0n) is 10.7. The lowest BCUT2D eigenvalue weighted by atomic mass is 9.98. The van der Waals surface area contributed by atoms with E-state index in [4.69, 9.17) is 0 Å². The highest BCUT2D eigenvalue weighted by Crippen LogP contribution is 2.14. The Hall–Kier alpha value is -0.660. The Morgan fingerprint density at radius 2 is 1.88 bits per heavy atom. The SMILES string of the molecule is CCC(O)(CC)CNS(=O)(=O)C(C)C(=O)OC. The Morgan fingerprint density at radius 3 is 2.24 bits per heavy atom. The molecule has 1 atom stereocenters. The van der Waals surface area contributed by atoms with Crippen LogP contribution in [0.3, 0.4) is 0 Å². The van der Waals surface area contributed by atoms with Crippen molar-refractivity contribution in [2.24, 2.45) is 0 Å². The Bertz CT molecular complexity index is 348. The molecule has 0 aliphatic rings. The van der Waals surface area contributed by atoms with E-state index in [1.54, 1.807) is 13.8 Å². The monoisotopic (exact) mass is 267 g/mol. The summed E-state index contributed by atoms with van der Waals surface area (Å²) in [5, 5.41) is 8.64. The van der Waals surface area contributed by atoms with E-state index in [0.717, 1.165) is 7.11 Å². The van der Waals surface area contributed by atoms with Crippen molar-refractivity contribution in [1.82, 2.24) is 4.72 Å². The van der Waals surface area contributed by atoms with Gasteiger partial charge in [0.25, 0.3) is 0 Å². The highest BCUT2D eigenvalue weighted by atomic mass is 32.2. The van der Waals surface area contributed by atoms with Gasteiger partial charge in [-0.05, 0) is 19.8 Å². The van der Waals surface area contributed by atoms with Crippen LogP contribution in [0, 0.1) is 0 Å². The summed E-state index contributed by atoms with van der Waals surface area (Å²) in [4.78, 5) is 11.1. The Kier molecular flexibility index (Phi) is 6.08. The second-order valence-corrected chi connectivity index (χ2v) is 6.05. The van der Waals surface area contributed by atoms with E-state index in [1.165, 1.54) is 6.92 Å². The van der Waals surface area contributed by atoms with Gasteiger partial charge in [-0.2, -0.15) is 0 Å². The van der Waals surface area contributed by atoms with Gasteiger partial charge in [0, 0.05) is 6.54 Å². The first kappa shape index (κ1) is 16.3. The third kappa shape index (κ3) is 4.61. The van der Waals surface area contributed by atoms with Gasteiger partial charge in [-0.1, -0.05) is 13.8 Å². The van der Waals surface area contributed by atoms with Crippen LogP contribution in [0.5, 0.6) is 0 Å². The number of nitrogens with one attached hydrogen (secondary N) is 1. The van der Waals surface area contributed by atoms with Crippen LogP contribution in [-0.4, -0.2) is 44.0 Å². The molecule has 0 aromatic rings. The molecule has 1 unspecified atom stereocenters. The van der Waals surface area contributed by atoms with Crippen LogP contribution in [0.1, 0.15) is 33.6 Å². The van der Waals surface area contributed by atoms with Gasteiger partial charge in [0.15, 0.2) is 5.25 Å². The summed E-state index contributed by atoms with van der Waals surface area (Å²) < 4.78 is 30.0. The Balaban J connectivity index is 4.63. The molecule has 0 aromatic carbocycles. The molecule has 0 amide bonds. The number of esters is 1. The highest BCUT2D eigenvalue weighted by molar-refractivity contribution is 7.90. The van der Waals surface area contributed by atoms with Gasteiger partial charge >= 0.3 is 5.97 Å². The van der Waals surface area contributed by atoms with E-state index in [0.29, 0.717) is 12.8 Å². The Labute approximate surface area is 102 Å². The van der Waals surface area contributed by atoms with Gasteiger partial charge in [-0.25, -0.2) is 13.1 Å². The topological polar surface area (TPSA) is 92.7 Å². The first-order valence-electron chi connectivity index (χ1n) is 5.51. The summed E-state index contributed by atoms with van der Waals surface area (Å²) >= 11 is 0. The van der Waals surface area contributed by atoms with Crippen LogP contribution in [0.4, 0.5) is 0 Å². The van der Waals surface area contributed by atoms with E-state index >= 15 is 0 Å². The van der Waals surface area contributed by atoms with Crippen molar-refractivity contribution < 1.29 is 23.1 Å². The molecule has 0 bridgehead atoms. The van der Waals surface area contributed by atoms with Gasteiger partial charge in [0.1, 0.15) is 0 Å². The fourth-order valence-corrected chi connectivity index (χ4v) is 2.22. The number of aliphatic hydroxyl groups is 1. The second kappa shape index (κ2) is 6.32. The molecule has 7 heteroatoms. The van der Waals surface area contributed by atoms with E-state index < -0.39 is 26.8 Å². The number of hydrogen-bond acceptors (Lipinski definition) is 5. The first-order valence-corrected chi connectivity index (χ1v) is 7.05. The maximum Gasteiger partial charge on any atom is 0.325 e. The van der Waals surface area contributed by atoms with Crippen molar-refractivity contribution in [2.75, 3.05) is 13.7 Å². The number of sulfonamides is 1. The second-order valence-electron chi connectivity index (χ2n) is 3.96. The molecular formula is C10H21NO5S. The molecule has 0 fully saturated rings. The van der Waals surface area contributed by atoms with Gasteiger partial charge in [-0.3, -0.25) is 4.79 Å². The number of ether oxygens (including phenoxy) is 1. The van der Waals surface area contributed by atoms with Crippen molar-refractivity contribution in [2.45, 2.75) is 44.5 Å². The smallest absolute Gasteiger partial charge is 0.325 e. The average Bonchev–Trinajstić information content (AvgIpc) is 2.34. The third-order valence-corrected chi connectivity index (χ3v) is 4.59. The summed E-state index contributed by atoms with van der Waals surface area (Å²) in [6.45, 7) is 4.66. The van der Waals surface area contributed by atoms with Gasteiger partial charge in [0.2, 0.25) is 10.0 Å². The minimum absolute atomic E-state index is 0.107. The van der Waals surface area contributed by atoms with Gasteiger partial charge in [-0.15, -0.1) is 0 Å². The number of rotatable bonds is 7. The number of carbonyl (C=O) groups is 1. The van der Waals surface area contributed by atoms with E-state index in [1.807, 2.05) is 0 Å². The fourth-order valence-electron chi connectivity index (χ4n) is 1.15. The molecule has 0 saturated heterocycles. The molecule has 0 radical (unpaired) electrons. The fraction of sp³-hybridized carbons (Fsp3) is 0.900. The maximum absolute atomic E-state index is 11.7. The van der Waals surface area contributed by atoms with Crippen molar-refractivity contribution in [3.63, 3.8) is 0 Å².